The van der Waals surface area contributed by atoms with Crippen molar-refractivity contribution in [1.82, 2.24) is 4.98 Å². The molecule has 1 aromatic heterocycles. The molecular formula is C12H19N3. The summed E-state index contributed by atoms with van der Waals surface area (Å²) in [5.74, 6) is 0. The Morgan fingerprint density at radius 2 is 1.87 bits per heavy atom. The summed E-state index contributed by atoms with van der Waals surface area (Å²) < 4.78 is 0. The van der Waals surface area contributed by atoms with Crippen LogP contribution in [0.25, 0.3) is 0 Å². The molecule has 1 aliphatic rings. The molecule has 2 unspecified atom stereocenters. The Morgan fingerprint density at radius 1 is 1.13 bits per heavy atom. The molecule has 2 rings (SSSR count). The Kier molecular flexibility index (Phi) is 3.56. The first-order valence-electron chi connectivity index (χ1n) is 5.78. The Hall–Kier alpha value is -1.09. The van der Waals surface area contributed by atoms with Gasteiger partial charge in [-0.1, -0.05) is 19.3 Å². The second-order valence-electron chi connectivity index (χ2n) is 4.29. The number of rotatable bonds is 2. The van der Waals surface area contributed by atoms with Crippen LogP contribution in [0.3, 0.4) is 0 Å². The van der Waals surface area contributed by atoms with Crippen molar-refractivity contribution in [3.8, 4) is 0 Å². The van der Waals surface area contributed by atoms with E-state index in [1.807, 2.05) is 24.5 Å². The van der Waals surface area contributed by atoms with Crippen molar-refractivity contribution in [2.24, 2.45) is 5.73 Å². The number of aromatic nitrogens is 1. The zero-order valence-electron chi connectivity index (χ0n) is 9.02. The van der Waals surface area contributed by atoms with Crippen molar-refractivity contribution in [1.29, 1.82) is 0 Å². The summed E-state index contributed by atoms with van der Waals surface area (Å²) >= 11 is 0. The normalized spacial score (nSPS) is 27.0. The fourth-order valence-electron chi connectivity index (χ4n) is 2.18. The third-order valence-electron chi connectivity index (χ3n) is 3.10. The molecule has 0 amide bonds. The van der Waals surface area contributed by atoms with Crippen molar-refractivity contribution in [2.75, 3.05) is 5.32 Å². The lowest BCUT2D eigenvalue weighted by molar-refractivity contribution is 0.528. The van der Waals surface area contributed by atoms with Gasteiger partial charge in [-0.2, -0.15) is 0 Å². The second-order valence-corrected chi connectivity index (χ2v) is 4.29. The number of nitrogens with zero attached hydrogens (tertiary/aromatic N) is 1. The molecule has 3 heteroatoms. The molecule has 1 aliphatic carbocycles. The molecule has 1 heterocycles. The summed E-state index contributed by atoms with van der Waals surface area (Å²) in [6.45, 7) is 0. The fraction of sp³-hybridized carbons (Fsp3) is 0.583. The SMILES string of the molecule is NC1CCCCCC1Nc1ccncc1. The number of pyridine rings is 1. The molecule has 0 saturated heterocycles. The average Bonchev–Trinajstić information content (AvgIpc) is 2.46. The predicted molar refractivity (Wildman–Crippen MR) is 62.7 cm³/mol. The van der Waals surface area contributed by atoms with Gasteiger partial charge in [0.15, 0.2) is 0 Å². The molecule has 2 atom stereocenters. The maximum absolute atomic E-state index is 6.15. The van der Waals surface area contributed by atoms with Crippen molar-refractivity contribution in [3.63, 3.8) is 0 Å². The van der Waals surface area contributed by atoms with Gasteiger partial charge in [-0.15, -0.1) is 0 Å². The van der Waals surface area contributed by atoms with E-state index in [1.165, 1.54) is 25.7 Å². The van der Waals surface area contributed by atoms with Crippen LogP contribution in [-0.4, -0.2) is 17.1 Å². The van der Waals surface area contributed by atoms with Gasteiger partial charge in [0.2, 0.25) is 0 Å². The average molecular weight is 205 g/mol. The largest absolute Gasteiger partial charge is 0.381 e. The third-order valence-corrected chi connectivity index (χ3v) is 3.10. The first kappa shape index (κ1) is 10.4. The smallest absolute Gasteiger partial charge is 0.0412 e. The van der Waals surface area contributed by atoms with Gasteiger partial charge in [-0.05, 0) is 25.0 Å². The summed E-state index contributed by atoms with van der Waals surface area (Å²) in [4.78, 5) is 4.00. The van der Waals surface area contributed by atoms with Crippen molar-refractivity contribution in [3.05, 3.63) is 24.5 Å². The van der Waals surface area contributed by atoms with Gasteiger partial charge in [0, 0.05) is 30.2 Å². The first-order valence-corrected chi connectivity index (χ1v) is 5.78. The lowest BCUT2D eigenvalue weighted by Gasteiger charge is -2.23. The molecule has 1 aromatic rings. The van der Waals surface area contributed by atoms with Crippen molar-refractivity contribution < 1.29 is 0 Å². The van der Waals surface area contributed by atoms with E-state index in [2.05, 4.69) is 10.3 Å². The molecule has 0 bridgehead atoms. The Bertz CT molecular complexity index is 286. The number of hydrogen-bond acceptors (Lipinski definition) is 3. The van der Waals surface area contributed by atoms with Gasteiger partial charge in [-0.25, -0.2) is 0 Å². The number of anilines is 1. The summed E-state index contributed by atoms with van der Waals surface area (Å²) in [6, 6.07) is 4.71. The minimum Gasteiger partial charge on any atom is -0.381 e. The monoisotopic (exact) mass is 205 g/mol. The summed E-state index contributed by atoms with van der Waals surface area (Å²) in [5, 5.41) is 3.51. The van der Waals surface area contributed by atoms with E-state index in [-0.39, 0.29) is 0 Å². The van der Waals surface area contributed by atoms with Crippen LogP contribution >= 0.6 is 0 Å². The third kappa shape index (κ3) is 2.93. The molecule has 82 valence electrons. The molecule has 0 aliphatic heterocycles. The summed E-state index contributed by atoms with van der Waals surface area (Å²) in [5.41, 5.74) is 7.28. The van der Waals surface area contributed by atoms with E-state index in [0.717, 1.165) is 12.1 Å². The zero-order chi connectivity index (χ0) is 10.5. The van der Waals surface area contributed by atoms with Gasteiger partial charge in [0.05, 0.1) is 0 Å². The van der Waals surface area contributed by atoms with E-state index in [4.69, 9.17) is 5.73 Å². The van der Waals surface area contributed by atoms with Crippen LogP contribution in [0.1, 0.15) is 32.1 Å². The molecule has 0 aromatic carbocycles. The number of hydrogen-bond donors (Lipinski definition) is 2. The maximum Gasteiger partial charge on any atom is 0.0412 e. The van der Waals surface area contributed by atoms with E-state index in [9.17, 15) is 0 Å². The molecule has 1 saturated carbocycles. The number of nitrogens with one attached hydrogen (secondary N) is 1. The minimum absolute atomic E-state index is 0.292. The second kappa shape index (κ2) is 5.12. The van der Waals surface area contributed by atoms with Crippen LogP contribution in [0, 0.1) is 0 Å². The Morgan fingerprint density at radius 3 is 2.67 bits per heavy atom. The highest BCUT2D eigenvalue weighted by molar-refractivity contribution is 5.42. The van der Waals surface area contributed by atoms with Gasteiger partial charge >= 0.3 is 0 Å². The van der Waals surface area contributed by atoms with Crippen LogP contribution in [0.4, 0.5) is 5.69 Å². The molecule has 15 heavy (non-hydrogen) atoms. The van der Waals surface area contributed by atoms with Gasteiger partial charge in [0.25, 0.3) is 0 Å². The zero-order valence-corrected chi connectivity index (χ0v) is 9.02. The molecule has 0 spiro atoms. The van der Waals surface area contributed by atoms with Gasteiger partial charge < -0.3 is 11.1 Å². The standard InChI is InChI=1S/C12H19N3/c13-11-4-2-1-3-5-12(11)15-10-6-8-14-9-7-10/h6-9,11-12H,1-5,13H2,(H,14,15). The molecule has 3 N–H and O–H groups in total. The summed E-state index contributed by atoms with van der Waals surface area (Å²) in [6.07, 6.45) is 9.83. The topological polar surface area (TPSA) is 50.9 Å². The highest BCUT2D eigenvalue weighted by atomic mass is 15.0. The van der Waals surface area contributed by atoms with Crippen molar-refractivity contribution >= 4 is 5.69 Å². The fourth-order valence-corrected chi connectivity index (χ4v) is 2.18. The van der Waals surface area contributed by atoms with E-state index >= 15 is 0 Å². The molecular weight excluding hydrogens is 186 g/mol. The van der Waals surface area contributed by atoms with E-state index < -0.39 is 0 Å². The van der Waals surface area contributed by atoms with Crippen LogP contribution in [-0.2, 0) is 0 Å². The summed E-state index contributed by atoms with van der Waals surface area (Å²) in [7, 11) is 0. The highest BCUT2D eigenvalue weighted by Gasteiger charge is 2.19. The van der Waals surface area contributed by atoms with E-state index in [1.54, 1.807) is 0 Å². The van der Waals surface area contributed by atoms with Crippen LogP contribution in [0.2, 0.25) is 0 Å². The molecule has 0 radical (unpaired) electrons. The maximum atomic E-state index is 6.15. The Labute approximate surface area is 91.1 Å². The lowest BCUT2D eigenvalue weighted by atomic mass is 10.0. The van der Waals surface area contributed by atoms with Crippen LogP contribution in [0.5, 0.6) is 0 Å². The van der Waals surface area contributed by atoms with Crippen molar-refractivity contribution in [2.45, 2.75) is 44.2 Å². The molecule has 1 fully saturated rings. The van der Waals surface area contributed by atoms with Gasteiger partial charge in [-0.3, -0.25) is 4.98 Å². The van der Waals surface area contributed by atoms with Crippen LogP contribution < -0.4 is 11.1 Å². The number of nitrogens with two attached hydrogens (primary N) is 1. The van der Waals surface area contributed by atoms with Crippen LogP contribution in [0.15, 0.2) is 24.5 Å². The molecule has 3 nitrogen and oxygen atoms in total. The highest BCUT2D eigenvalue weighted by Crippen LogP contribution is 2.20. The van der Waals surface area contributed by atoms with E-state index in [0.29, 0.717) is 12.1 Å². The minimum atomic E-state index is 0.292. The first-order chi connectivity index (χ1) is 7.36. The lowest BCUT2D eigenvalue weighted by Crippen LogP contribution is -2.39. The Balaban J connectivity index is 1.97. The van der Waals surface area contributed by atoms with Gasteiger partial charge in [0.1, 0.15) is 0 Å². The predicted octanol–water partition coefficient (Wildman–Crippen LogP) is 2.15. The quantitative estimate of drug-likeness (QED) is 0.727.